The molecule has 0 spiro atoms. The number of aromatic nitrogens is 1. The normalized spacial score (nSPS) is 10.4. The van der Waals surface area contributed by atoms with E-state index in [0.29, 0.717) is 12.1 Å². The predicted molar refractivity (Wildman–Crippen MR) is 84.5 cm³/mol. The Kier molecular flexibility index (Phi) is 3.44. The van der Waals surface area contributed by atoms with Gasteiger partial charge in [0.2, 0.25) is 0 Å². The van der Waals surface area contributed by atoms with Crippen LogP contribution in [0.3, 0.4) is 0 Å². The van der Waals surface area contributed by atoms with E-state index in [0.717, 1.165) is 15.7 Å². The highest BCUT2D eigenvalue weighted by molar-refractivity contribution is 9.10. The third kappa shape index (κ3) is 2.40. The lowest BCUT2D eigenvalue weighted by atomic mass is 10.1. The number of rotatable bonds is 3. The minimum Gasteiger partial charge on any atom is -0.380 e. The minimum atomic E-state index is 0.645. The molecular weight excluding hydrogens is 314 g/mol. The van der Waals surface area contributed by atoms with Gasteiger partial charge in [-0.3, -0.25) is 0 Å². The van der Waals surface area contributed by atoms with Crippen LogP contribution in [-0.4, -0.2) is 4.98 Å². The maximum Gasteiger partial charge on any atom is 0.101 e. The molecule has 0 saturated carbocycles. The second-order valence-corrected chi connectivity index (χ2v) is 5.43. The van der Waals surface area contributed by atoms with Gasteiger partial charge >= 0.3 is 0 Å². The number of hydrogen-bond acceptors (Lipinski definition) is 2. The molecular formula is C16H12BrN3. The van der Waals surface area contributed by atoms with E-state index in [9.17, 15) is 0 Å². The average Bonchev–Trinajstić information content (AvgIpc) is 2.94. The molecule has 0 fully saturated rings. The number of nitrogens with one attached hydrogen (secondary N) is 2. The Balaban J connectivity index is 1.89. The molecule has 1 heterocycles. The van der Waals surface area contributed by atoms with Crippen LogP contribution in [0.5, 0.6) is 0 Å². The van der Waals surface area contributed by atoms with E-state index < -0.39 is 0 Å². The van der Waals surface area contributed by atoms with Crippen molar-refractivity contribution in [3.05, 3.63) is 64.3 Å². The molecule has 0 atom stereocenters. The monoisotopic (exact) mass is 325 g/mol. The van der Waals surface area contributed by atoms with Crippen LogP contribution in [0.15, 0.2) is 53.1 Å². The molecule has 0 aliphatic carbocycles. The third-order valence-corrected chi connectivity index (χ3v) is 3.74. The summed E-state index contributed by atoms with van der Waals surface area (Å²) in [4.78, 5) is 3.25. The van der Waals surface area contributed by atoms with Crippen molar-refractivity contribution in [2.45, 2.75) is 6.54 Å². The summed E-state index contributed by atoms with van der Waals surface area (Å²) in [7, 11) is 0. The predicted octanol–water partition coefficient (Wildman–Crippen LogP) is 4.41. The molecule has 1 aromatic heterocycles. The Morgan fingerprint density at radius 2 is 2.10 bits per heavy atom. The van der Waals surface area contributed by atoms with Gasteiger partial charge < -0.3 is 10.3 Å². The van der Waals surface area contributed by atoms with Gasteiger partial charge in [0.05, 0.1) is 16.8 Å². The topological polar surface area (TPSA) is 51.6 Å². The summed E-state index contributed by atoms with van der Waals surface area (Å²) in [5.74, 6) is 0. The van der Waals surface area contributed by atoms with E-state index in [2.05, 4.69) is 50.5 Å². The zero-order chi connectivity index (χ0) is 13.9. The summed E-state index contributed by atoms with van der Waals surface area (Å²) in [6.07, 6.45) is 1.94. The Bertz CT molecular complexity index is 799. The summed E-state index contributed by atoms with van der Waals surface area (Å²) < 4.78 is 0.956. The molecule has 0 aliphatic heterocycles. The maximum absolute atomic E-state index is 9.13. The third-order valence-electron chi connectivity index (χ3n) is 3.24. The van der Waals surface area contributed by atoms with Gasteiger partial charge in [-0.1, -0.05) is 34.1 Å². The molecule has 4 heteroatoms. The summed E-state index contributed by atoms with van der Waals surface area (Å²) in [5.41, 5.74) is 3.79. The van der Waals surface area contributed by atoms with E-state index in [1.807, 2.05) is 30.5 Å². The van der Waals surface area contributed by atoms with E-state index in [1.54, 1.807) is 0 Å². The Hall–Kier alpha value is -2.25. The van der Waals surface area contributed by atoms with E-state index >= 15 is 0 Å². The first kappa shape index (κ1) is 12.8. The number of para-hydroxylation sites is 1. The molecule has 3 aromatic rings. The highest BCUT2D eigenvalue weighted by Crippen LogP contribution is 2.23. The standard InChI is InChI=1S/C16H12BrN3/c17-14-5-4-12(9-18)15(8-14)20-10-13-3-1-2-11-6-7-19-16(11)13/h1-8,19-20H,10H2. The Morgan fingerprint density at radius 3 is 2.95 bits per heavy atom. The van der Waals surface area contributed by atoms with Gasteiger partial charge in [0.1, 0.15) is 6.07 Å². The van der Waals surface area contributed by atoms with Crippen molar-refractivity contribution in [1.29, 1.82) is 5.26 Å². The molecule has 0 bridgehead atoms. The number of nitriles is 1. The van der Waals surface area contributed by atoms with E-state index in [-0.39, 0.29) is 0 Å². The molecule has 0 saturated heterocycles. The number of benzene rings is 2. The molecule has 20 heavy (non-hydrogen) atoms. The Morgan fingerprint density at radius 1 is 1.20 bits per heavy atom. The summed E-state index contributed by atoms with van der Waals surface area (Å²) in [5, 5.41) is 13.7. The van der Waals surface area contributed by atoms with Crippen LogP contribution >= 0.6 is 15.9 Å². The molecule has 2 N–H and O–H groups in total. The van der Waals surface area contributed by atoms with Crippen LogP contribution in [-0.2, 0) is 6.54 Å². The van der Waals surface area contributed by atoms with Crippen LogP contribution in [0.25, 0.3) is 10.9 Å². The van der Waals surface area contributed by atoms with Gasteiger partial charge in [-0.15, -0.1) is 0 Å². The summed E-state index contributed by atoms with van der Waals surface area (Å²) in [6, 6.07) is 16.1. The molecule has 3 nitrogen and oxygen atoms in total. The van der Waals surface area contributed by atoms with Crippen molar-refractivity contribution in [1.82, 2.24) is 4.98 Å². The zero-order valence-electron chi connectivity index (χ0n) is 10.7. The number of fused-ring (bicyclic) bond motifs is 1. The van der Waals surface area contributed by atoms with Gasteiger partial charge in [-0.25, -0.2) is 0 Å². The first-order valence-electron chi connectivity index (χ1n) is 6.26. The molecule has 3 rings (SSSR count). The van der Waals surface area contributed by atoms with E-state index in [4.69, 9.17) is 5.26 Å². The number of anilines is 1. The van der Waals surface area contributed by atoms with Gasteiger partial charge in [0.15, 0.2) is 0 Å². The smallest absolute Gasteiger partial charge is 0.101 e. The number of nitrogens with zero attached hydrogens (tertiary/aromatic N) is 1. The number of aromatic amines is 1. The molecule has 0 amide bonds. The fourth-order valence-electron chi connectivity index (χ4n) is 2.25. The number of H-pyrrole nitrogens is 1. The molecule has 0 unspecified atom stereocenters. The van der Waals surface area contributed by atoms with Crippen molar-refractivity contribution in [3.8, 4) is 6.07 Å². The summed E-state index contributed by atoms with van der Waals surface area (Å²) in [6.45, 7) is 0.670. The van der Waals surface area contributed by atoms with Gasteiger partial charge in [-0.05, 0) is 35.2 Å². The van der Waals surface area contributed by atoms with Crippen LogP contribution in [0.1, 0.15) is 11.1 Å². The highest BCUT2D eigenvalue weighted by atomic mass is 79.9. The SMILES string of the molecule is N#Cc1ccc(Br)cc1NCc1cccc2cc[nH]c12. The maximum atomic E-state index is 9.13. The molecule has 0 radical (unpaired) electrons. The van der Waals surface area contributed by atoms with Crippen molar-refractivity contribution in [2.75, 3.05) is 5.32 Å². The zero-order valence-corrected chi connectivity index (χ0v) is 12.2. The van der Waals surface area contributed by atoms with Crippen molar-refractivity contribution < 1.29 is 0 Å². The minimum absolute atomic E-state index is 0.645. The van der Waals surface area contributed by atoms with Crippen molar-refractivity contribution >= 4 is 32.5 Å². The van der Waals surface area contributed by atoms with Gasteiger partial charge in [0, 0.05) is 17.2 Å². The van der Waals surface area contributed by atoms with Crippen molar-refractivity contribution in [3.63, 3.8) is 0 Å². The summed E-state index contributed by atoms with van der Waals surface area (Å²) >= 11 is 3.43. The highest BCUT2D eigenvalue weighted by Gasteiger charge is 2.05. The second-order valence-electron chi connectivity index (χ2n) is 4.51. The fourth-order valence-corrected chi connectivity index (χ4v) is 2.61. The average molecular weight is 326 g/mol. The quantitative estimate of drug-likeness (QED) is 0.749. The van der Waals surface area contributed by atoms with Gasteiger partial charge in [-0.2, -0.15) is 5.26 Å². The lowest BCUT2D eigenvalue weighted by Crippen LogP contribution is -2.02. The molecule has 98 valence electrons. The van der Waals surface area contributed by atoms with Crippen LogP contribution in [0.2, 0.25) is 0 Å². The largest absolute Gasteiger partial charge is 0.380 e. The molecule has 2 aromatic carbocycles. The number of halogens is 1. The van der Waals surface area contributed by atoms with Crippen LogP contribution < -0.4 is 5.32 Å². The van der Waals surface area contributed by atoms with Crippen molar-refractivity contribution in [2.24, 2.45) is 0 Å². The number of hydrogen-bond donors (Lipinski definition) is 2. The lowest BCUT2D eigenvalue weighted by Gasteiger charge is -2.09. The first-order chi connectivity index (χ1) is 9.78. The van der Waals surface area contributed by atoms with Crippen LogP contribution in [0, 0.1) is 11.3 Å². The first-order valence-corrected chi connectivity index (χ1v) is 7.06. The Labute approximate surface area is 125 Å². The van der Waals surface area contributed by atoms with E-state index in [1.165, 1.54) is 10.9 Å². The van der Waals surface area contributed by atoms with Gasteiger partial charge in [0.25, 0.3) is 0 Å². The lowest BCUT2D eigenvalue weighted by molar-refractivity contribution is 1.15. The fraction of sp³-hybridized carbons (Fsp3) is 0.0625. The second kappa shape index (κ2) is 5.40. The molecule has 0 aliphatic rings. The van der Waals surface area contributed by atoms with Crippen LogP contribution in [0.4, 0.5) is 5.69 Å².